The van der Waals surface area contributed by atoms with E-state index in [9.17, 15) is 24.3 Å². The third-order valence-corrected chi connectivity index (χ3v) is 4.91. The Bertz CT molecular complexity index is 1180. The fraction of sp³-hybridized carbons (Fsp3) is 0.273. The van der Waals surface area contributed by atoms with Crippen molar-refractivity contribution in [2.75, 3.05) is 0 Å². The van der Waals surface area contributed by atoms with E-state index in [4.69, 9.17) is 0 Å². The van der Waals surface area contributed by atoms with Gasteiger partial charge in [-0.25, -0.2) is 14.2 Å². The summed E-state index contributed by atoms with van der Waals surface area (Å²) in [6.07, 6.45) is 0.0791. The molecule has 156 valence electrons. The second-order valence-corrected chi connectivity index (χ2v) is 7.43. The van der Waals surface area contributed by atoms with Gasteiger partial charge in [0.05, 0.1) is 10.9 Å². The van der Waals surface area contributed by atoms with Crippen LogP contribution in [0.25, 0.3) is 10.9 Å². The summed E-state index contributed by atoms with van der Waals surface area (Å²) in [5, 5.41) is 12.3. The van der Waals surface area contributed by atoms with Gasteiger partial charge >= 0.3 is 11.7 Å². The third kappa shape index (κ3) is 4.32. The molecule has 30 heavy (non-hydrogen) atoms. The fourth-order valence-electron chi connectivity index (χ4n) is 3.45. The van der Waals surface area contributed by atoms with E-state index in [1.54, 1.807) is 62.4 Å². The lowest BCUT2D eigenvalue weighted by molar-refractivity contribution is -0.142. The quantitative estimate of drug-likeness (QED) is 0.548. The van der Waals surface area contributed by atoms with Crippen LogP contribution in [0, 0.1) is 5.92 Å². The number of benzene rings is 2. The van der Waals surface area contributed by atoms with E-state index < -0.39 is 41.1 Å². The monoisotopic (exact) mass is 409 g/mol. The number of carbonyl (C=O) groups is 2. The van der Waals surface area contributed by atoms with Gasteiger partial charge in [-0.1, -0.05) is 56.3 Å². The van der Waals surface area contributed by atoms with Crippen LogP contribution in [0.4, 0.5) is 0 Å². The number of hydrogen-bond acceptors (Lipinski definition) is 4. The molecule has 8 nitrogen and oxygen atoms in total. The Morgan fingerprint density at radius 1 is 1.03 bits per heavy atom. The fourth-order valence-corrected chi connectivity index (χ4v) is 3.45. The number of aliphatic carboxylic acids is 1. The summed E-state index contributed by atoms with van der Waals surface area (Å²) in [6, 6.07) is 13.1. The molecular weight excluding hydrogens is 386 g/mol. The summed E-state index contributed by atoms with van der Waals surface area (Å²) in [7, 11) is 0. The van der Waals surface area contributed by atoms with Crippen LogP contribution in [0.3, 0.4) is 0 Å². The van der Waals surface area contributed by atoms with Gasteiger partial charge in [-0.05, 0) is 23.6 Å². The zero-order valence-electron chi connectivity index (χ0n) is 16.7. The van der Waals surface area contributed by atoms with Crippen LogP contribution in [0.2, 0.25) is 0 Å². The first-order valence-electron chi connectivity index (χ1n) is 9.60. The number of nitrogens with zero attached hydrogens (tertiary/aromatic N) is 1. The number of hydrogen-bond donors (Lipinski definition) is 3. The number of para-hydroxylation sites is 1. The van der Waals surface area contributed by atoms with Gasteiger partial charge in [0.15, 0.2) is 0 Å². The van der Waals surface area contributed by atoms with Gasteiger partial charge in [0.2, 0.25) is 5.91 Å². The highest BCUT2D eigenvalue weighted by atomic mass is 16.4. The molecule has 2 unspecified atom stereocenters. The van der Waals surface area contributed by atoms with E-state index >= 15 is 0 Å². The number of fused-ring (bicyclic) bond motifs is 1. The second kappa shape index (κ2) is 8.77. The Morgan fingerprint density at radius 3 is 2.30 bits per heavy atom. The zero-order valence-corrected chi connectivity index (χ0v) is 16.7. The first-order chi connectivity index (χ1) is 14.3. The van der Waals surface area contributed by atoms with Crippen molar-refractivity contribution in [3.05, 3.63) is 81.0 Å². The molecule has 3 N–H and O–H groups in total. The number of carbonyl (C=O) groups excluding carboxylic acids is 1. The number of H-pyrrole nitrogens is 1. The second-order valence-electron chi connectivity index (χ2n) is 7.43. The van der Waals surface area contributed by atoms with Crippen molar-refractivity contribution in [2.45, 2.75) is 32.4 Å². The van der Waals surface area contributed by atoms with E-state index in [1.165, 1.54) is 0 Å². The molecule has 0 fully saturated rings. The van der Waals surface area contributed by atoms with Crippen LogP contribution in [0.15, 0.2) is 64.2 Å². The van der Waals surface area contributed by atoms with E-state index in [0.717, 1.165) is 10.1 Å². The van der Waals surface area contributed by atoms with Crippen molar-refractivity contribution in [1.82, 2.24) is 14.9 Å². The van der Waals surface area contributed by atoms with Crippen LogP contribution in [0.5, 0.6) is 0 Å². The first-order valence-corrected chi connectivity index (χ1v) is 9.60. The summed E-state index contributed by atoms with van der Waals surface area (Å²) < 4.78 is 0.865. The lowest BCUT2D eigenvalue weighted by atomic mass is 10.0. The highest BCUT2D eigenvalue weighted by Crippen LogP contribution is 2.16. The molecule has 2 atom stereocenters. The standard InChI is InChI=1S/C22H23N3O5/c1-13(2)18(25-20(27)15-10-6-7-11-16(15)24-22(25)30)19(26)23-17(21(28)29)12-14-8-4-3-5-9-14/h3-11,13,17-18H,12H2,1-2H3,(H,23,26)(H,24,30)(H,28,29). The molecule has 0 aliphatic carbocycles. The van der Waals surface area contributed by atoms with Crippen molar-refractivity contribution in [1.29, 1.82) is 0 Å². The molecule has 0 radical (unpaired) electrons. The average molecular weight is 409 g/mol. The zero-order chi connectivity index (χ0) is 21.8. The number of aromatic nitrogens is 2. The number of carboxylic acids is 1. The molecule has 8 heteroatoms. The van der Waals surface area contributed by atoms with Crippen molar-refractivity contribution in [3.8, 4) is 0 Å². The lowest BCUT2D eigenvalue weighted by Gasteiger charge is -2.24. The first kappa shape index (κ1) is 21.0. The maximum absolute atomic E-state index is 13.0. The SMILES string of the molecule is CC(C)C(C(=O)NC(Cc1ccccc1)C(=O)O)n1c(=O)[nH]c2ccccc2c1=O. The highest BCUT2D eigenvalue weighted by molar-refractivity contribution is 5.86. The Balaban J connectivity index is 1.97. The number of aromatic amines is 1. The Hall–Kier alpha value is -3.68. The number of amides is 1. The van der Waals surface area contributed by atoms with Crippen LogP contribution in [0.1, 0.15) is 25.5 Å². The molecule has 0 saturated carbocycles. The molecular formula is C22H23N3O5. The van der Waals surface area contributed by atoms with Crippen molar-refractivity contribution in [3.63, 3.8) is 0 Å². The summed E-state index contributed by atoms with van der Waals surface area (Å²) in [4.78, 5) is 53.0. The van der Waals surface area contributed by atoms with Crippen LogP contribution < -0.4 is 16.6 Å². The van der Waals surface area contributed by atoms with Crippen LogP contribution >= 0.6 is 0 Å². The molecule has 0 saturated heterocycles. The molecule has 1 aromatic heterocycles. The number of rotatable bonds is 7. The van der Waals surface area contributed by atoms with Crippen LogP contribution in [-0.4, -0.2) is 32.6 Å². The minimum Gasteiger partial charge on any atom is -0.480 e. The Labute approximate surface area is 172 Å². The summed E-state index contributed by atoms with van der Waals surface area (Å²) in [6.45, 7) is 3.39. The maximum Gasteiger partial charge on any atom is 0.329 e. The largest absolute Gasteiger partial charge is 0.480 e. The van der Waals surface area contributed by atoms with E-state index in [0.29, 0.717) is 5.52 Å². The van der Waals surface area contributed by atoms with Crippen molar-refractivity contribution >= 4 is 22.8 Å². The Morgan fingerprint density at radius 2 is 1.67 bits per heavy atom. The Kier molecular flexibility index (Phi) is 6.15. The molecule has 1 amide bonds. The minimum absolute atomic E-state index is 0.0791. The van der Waals surface area contributed by atoms with Gasteiger partial charge < -0.3 is 15.4 Å². The van der Waals surface area contributed by atoms with Crippen LogP contribution in [-0.2, 0) is 16.0 Å². The molecule has 2 aromatic carbocycles. The van der Waals surface area contributed by atoms with Gasteiger partial charge in [0.1, 0.15) is 12.1 Å². The van der Waals surface area contributed by atoms with Crippen molar-refractivity contribution < 1.29 is 14.7 Å². The molecule has 3 aromatic rings. The predicted octanol–water partition coefficient (Wildman–Crippen LogP) is 1.70. The minimum atomic E-state index is -1.20. The molecule has 1 heterocycles. The van der Waals surface area contributed by atoms with Gasteiger partial charge in [0, 0.05) is 6.42 Å². The van der Waals surface area contributed by atoms with E-state index in [-0.39, 0.29) is 11.8 Å². The topological polar surface area (TPSA) is 121 Å². The molecule has 0 aliphatic rings. The summed E-state index contributed by atoms with van der Waals surface area (Å²) >= 11 is 0. The molecule has 0 aliphatic heterocycles. The number of nitrogens with one attached hydrogen (secondary N) is 2. The normalized spacial score (nSPS) is 13.2. The summed E-state index contributed by atoms with van der Waals surface area (Å²) in [5.74, 6) is -2.33. The van der Waals surface area contributed by atoms with E-state index in [2.05, 4.69) is 10.3 Å². The third-order valence-electron chi connectivity index (χ3n) is 4.91. The molecule has 0 spiro atoms. The van der Waals surface area contributed by atoms with Gasteiger partial charge in [-0.15, -0.1) is 0 Å². The predicted molar refractivity (Wildman–Crippen MR) is 112 cm³/mol. The smallest absolute Gasteiger partial charge is 0.329 e. The maximum atomic E-state index is 13.0. The number of carboxylic acid groups (broad SMARTS) is 1. The van der Waals surface area contributed by atoms with Gasteiger partial charge in [-0.3, -0.25) is 9.59 Å². The van der Waals surface area contributed by atoms with Crippen molar-refractivity contribution in [2.24, 2.45) is 5.92 Å². The highest BCUT2D eigenvalue weighted by Gasteiger charge is 2.31. The van der Waals surface area contributed by atoms with E-state index in [1.807, 2.05) is 6.07 Å². The van der Waals surface area contributed by atoms with Gasteiger partial charge in [-0.2, -0.15) is 0 Å². The lowest BCUT2D eigenvalue weighted by Crippen LogP contribution is -2.51. The van der Waals surface area contributed by atoms with Gasteiger partial charge in [0.25, 0.3) is 5.56 Å². The average Bonchev–Trinajstić information content (AvgIpc) is 2.70. The molecule has 3 rings (SSSR count). The summed E-state index contributed by atoms with van der Waals surface area (Å²) in [5.41, 5.74) is -0.202. The molecule has 0 bridgehead atoms.